The molecule has 1 fully saturated rings. The Morgan fingerprint density at radius 1 is 1.17 bits per heavy atom. The monoisotopic (exact) mass is 447 g/mol. The summed E-state index contributed by atoms with van der Waals surface area (Å²) in [5.41, 5.74) is 2.31. The van der Waals surface area contributed by atoms with Crippen LogP contribution in [0.3, 0.4) is 0 Å². The summed E-state index contributed by atoms with van der Waals surface area (Å²) in [6.07, 6.45) is 1.73. The van der Waals surface area contributed by atoms with E-state index in [1.54, 1.807) is 12.1 Å². The van der Waals surface area contributed by atoms with E-state index >= 15 is 0 Å². The zero-order valence-electron chi connectivity index (χ0n) is 16.3. The number of rotatable bonds is 6. The zero-order chi connectivity index (χ0) is 20.1. The molecule has 0 aliphatic carbocycles. The first-order valence-electron chi connectivity index (χ1n) is 9.63. The van der Waals surface area contributed by atoms with Crippen molar-refractivity contribution in [1.29, 1.82) is 0 Å². The molecule has 0 bridgehead atoms. The maximum absolute atomic E-state index is 12.4. The molecule has 8 heteroatoms. The van der Waals surface area contributed by atoms with Crippen molar-refractivity contribution in [2.75, 3.05) is 18.4 Å². The van der Waals surface area contributed by atoms with Crippen LogP contribution < -0.4 is 15.4 Å². The highest BCUT2D eigenvalue weighted by atomic mass is 35.5. The summed E-state index contributed by atoms with van der Waals surface area (Å²) in [6.45, 7) is 2.04. The van der Waals surface area contributed by atoms with Gasteiger partial charge in [-0.15, -0.1) is 12.4 Å². The molecule has 4 rings (SSSR count). The molecule has 3 aromatic rings. The largest absolute Gasteiger partial charge is 0.487 e. The molecule has 6 nitrogen and oxygen atoms in total. The van der Waals surface area contributed by atoms with Crippen LogP contribution in [0.15, 0.2) is 59.1 Å². The average molecular weight is 448 g/mol. The lowest BCUT2D eigenvalue weighted by molar-refractivity contribution is -0.120. The third-order valence-corrected chi connectivity index (χ3v) is 5.14. The fourth-order valence-corrected chi connectivity index (χ4v) is 3.41. The average Bonchev–Trinajstić information content (AvgIpc) is 3.23. The van der Waals surface area contributed by atoms with Gasteiger partial charge in [0, 0.05) is 34.3 Å². The van der Waals surface area contributed by atoms with E-state index in [9.17, 15) is 4.79 Å². The summed E-state index contributed by atoms with van der Waals surface area (Å²) in [6, 6.07) is 16.6. The maximum atomic E-state index is 12.4. The Balaban J connectivity index is 0.00000256. The van der Waals surface area contributed by atoms with Crippen LogP contribution in [-0.4, -0.2) is 24.2 Å². The van der Waals surface area contributed by atoms with E-state index in [0.29, 0.717) is 22.2 Å². The predicted octanol–water partition coefficient (Wildman–Crippen LogP) is 4.93. The number of aromatic nitrogens is 1. The van der Waals surface area contributed by atoms with Crippen LogP contribution in [-0.2, 0) is 11.4 Å². The Kier molecular flexibility index (Phi) is 7.74. The first kappa shape index (κ1) is 22.2. The van der Waals surface area contributed by atoms with E-state index in [-0.39, 0.29) is 30.8 Å². The standard InChI is InChI=1S/C22H22ClN3O3.ClH/c23-17-6-4-15(5-7-17)21-13-19(26-29-21)14-28-20-3-1-2-18(12-20)25-22(27)16-8-10-24-11-9-16;/h1-7,12-13,16,24H,8-11,14H2,(H,25,27);1H. The van der Waals surface area contributed by atoms with Crippen molar-refractivity contribution in [1.82, 2.24) is 10.5 Å². The van der Waals surface area contributed by atoms with Crippen molar-refractivity contribution >= 4 is 35.6 Å². The van der Waals surface area contributed by atoms with Gasteiger partial charge in [-0.05, 0) is 62.3 Å². The van der Waals surface area contributed by atoms with Crippen molar-refractivity contribution in [2.24, 2.45) is 5.92 Å². The van der Waals surface area contributed by atoms with Crippen molar-refractivity contribution in [3.63, 3.8) is 0 Å². The number of carbonyl (C=O) groups excluding carboxylic acids is 1. The maximum Gasteiger partial charge on any atom is 0.227 e. The summed E-state index contributed by atoms with van der Waals surface area (Å²) >= 11 is 5.91. The van der Waals surface area contributed by atoms with Gasteiger partial charge in [0.1, 0.15) is 18.1 Å². The van der Waals surface area contributed by atoms with E-state index in [1.165, 1.54) is 0 Å². The first-order valence-corrected chi connectivity index (χ1v) is 10.0. The van der Waals surface area contributed by atoms with E-state index in [1.807, 2.05) is 42.5 Å². The number of piperidine rings is 1. The topological polar surface area (TPSA) is 76.4 Å². The third-order valence-electron chi connectivity index (χ3n) is 4.89. The number of benzene rings is 2. The molecule has 30 heavy (non-hydrogen) atoms. The second-order valence-electron chi connectivity index (χ2n) is 7.02. The molecule has 2 heterocycles. The number of hydrogen-bond donors (Lipinski definition) is 2. The summed E-state index contributed by atoms with van der Waals surface area (Å²) in [4.78, 5) is 12.4. The minimum Gasteiger partial charge on any atom is -0.487 e. The van der Waals surface area contributed by atoms with Crippen molar-refractivity contribution in [3.05, 3.63) is 65.3 Å². The van der Waals surface area contributed by atoms with Crippen LogP contribution in [0.2, 0.25) is 5.02 Å². The molecule has 0 radical (unpaired) electrons. The molecule has 158 valence electrons. The third kappa shape index (κ3) is 5.75. The highest BCUT2D eigenvalue weighted by Crippen LogP contribution is 2.24. The number of anilines is 1. The smallest absolute Gasteiger partial charge is 0.227 e. The summed E-state index contributed by atoms with van der Waals surface area (Å²) in [5.74, 6) is 1.43. The molecule has 1 amide bonds. The number of carbonyl (C=O) groups is 1. The van der Waals surface area contributed by atoms with Gasteiger partial charge in [0.15, 0.2) is 5.76 Å². The molecule has 0 saturated carbocycles. The van der Waals surface area contributed by atoms with Gasteiger partial charge in [-0.1, -0.05) is 22.8 Å². The Morgan fingerprint density at radius 2 is 1.93 bits per heavy atom. The van der Waals surface area contributed by atoms with Crippen LogP contribution in [0, 0.1) is 5.92 Å². The summed E-state index contributed by atoms with van der Waals surface area (Å²) < 4.78 is 11.2. The highest BCUT2D eigenvalue weighted by molar-refractivity contribution is 6.30. The first-order chi connectivity index (χ1) is 14.2. The fraction of sp³-hybridized carbons (Fsp3) is 0.273. The van der Waals surface area contributed by atoms with Crippen LogP contribution in [0.5, 0.6) is 5.75 Å². The Hall–Kier alpha value is -2.54. The number of nitrogens with zero attached hydrogens (tertiary/aromatic N) is 1. The van der Waals surface area contributed by atoms with Gasteiger partial charge in [-0.3, -0.25) is 4.79 Å². The van der Waals surface area contributed by atoms with Gasteiger partial charge in [0.2, 0.25) is 5.91 Å². The van der Waals surface area contributed by atoms with E-state index < -0.39 is 0 Å². The molecule has 0 unspecified atom stereocenters. The number of amides is 1. The predicted molar refractivity (Wildman–Crippen MR) is 119 cm³/mol. The molecule has 1 aromatic heterocycles. The van der Waals surface area contributed by atoms with Crippen LogP contribution in [0.25, 0.3) is 11.3 Å². The molecule has 1 aliphatic rings. The van der Waals surface area contributed by atoms with E-state index in [0.717, 1.165) is 37.2 Å². The van der Waals surface area contributed by atoms with E-state index in [4.69, 9.17) is 20.9 Å². The van der Waals surface area contributed by atoms with Crippen molar-refractivity contribution < 1.29 is 14.1 Å². The summed E-state index contributed by atoms with van der Waals surface area (Å²) in [7, 11) is 0. The van der Waals surface area contributed by atoms with Gasteiger partial charge in [-0.25, -0.2) is 0 Å². The summed E-state index contributed by atoms with van der Waals surface area (Å²) in [5, 5.41) is 11.0. The van der Waals surface area contributed by atoms with Gasteiger partial charge in [-0.2, -0.15) is 0 Å². The van der Waals surface area contributed by atoms with Gasteiger partial charge in [0.25, 0.3) is 0 Å². The Bertz CT molecular complexity index is 970. The second kappa shape index (κ2) is 10.5. The quantitative estimate of drug-likeness (QED) is 0.559. The molecule has 2 aromatic carbocycles. The lowest BCUT2D eigenvalue weighted by Gasteiger charge is -2.21. The molecule has 1 aliphatic heterocycles. The zero-order valence-corrected chi connectivity index (χ0v) is 17.8. The molecule has 0 spiro atoms. The molecule has 2 N–H and O–H groups in total. The number of nitrogens with one attached hydrogen (secondary N) is 2. The van der Waals surface area contributed by atoms with Crippen molar-refractivity contribution in [2.45, 2.75) is 19.4 Å². The SMILES string of the molecule is Cl.O=C(Nc1cccc(OCc2cc(-c3ccc(Cl)cc3)on2)c1)C1CCNCC1. The fourth-order valence-electron chi connectivity index (χ4n) is 3.28. The van der Waals surface area contributed by atoms with E-state index in [2.05, 4.69) is 15.8 Å². The Labute approximate surface area is 186 Å². The lowest BCUT2D eigenvalue weighted by Crippen LogP contribution is -2.34. The molecular formula is C22H23Cl2N3O3. The number of hydrogen-bond acceptors (Lipinski definition) is 5. The van der Waals surface area contributed by atoms with Crippen molar-refractivity contribution in [3.8, 4) is 17.1 Å². The number of halogens is 2. The van der Waals surface area contributed by atoms with Crippen LogP contribution in [0.1, 0.15) is 18.5 Å². The number of ether oxygens (including phenoxy) is 1. The Morgan fingerprint density at radius 3 is 2.70 bits per heavy atom. The minimum absolute atomic E-state index is 0. The highest BCUT2D eigenvalue weighted by Gasteiger charge is 2.20. The minimum atomic E-state index is 0. The van der Waals surface area contributed by atoms with Gasteiger partial charge >= 0.3 is 0 Å². The second-order valence-corrected chi connectivity index (χ2v) is 7.46. The van der Waals surface area contributed by atoms with Gasteiger partial charge < -0.3 is 19.9 Å². The molecule has 1 saturated heterocycles. The van der Waals surface area contributed by atoms with Gasteiger partial charge in [0.05, 0.1) is 0 Å². The molecule has 0 atom stereocenters. The normalized spacial score (nSPS) is 14.0. The van der Waals surface area contributed by atoms with Crippen LogP contribution >= 0.6 is 24.0 Å². The molecular weight excluding hydrogens is 425 g/mol. The lowest BCUT2D eigenvalue weighted by atomic mass is 9.97. The van der Waals surface area contributed by atoms with Crippen LogP contribution in [0.4, 0.5) is 5.69 Å².